The van der Waals surface area contributed by atoms with Gasteiger partial charge < -0.3 is 23.8 Å². The summed E-state index contributed by atoms with van der Waals surface area (Å²) >= 11 is 4.88. The maximum Gasteiger partial charge on any atom is 0.338 e. The third kappa shape index (κ3) is 5.78. The van der Waals surface area contributed by atoms with E-state index in [0.29, 0.717) is 42.3 Å². The zero-order valence-corrected chi connectivity index (χ0v) is 26.6. The summed E-state index contributed by atoms with van der Waals surface area (Å²) in [5.74, 6) is 1.09. The van der Waals surface area contributed by atoms with Crippen LogP contribution in [0.5, 0.6) is 17.2 Å². The highest BCUT2D eigenvalue weighted by atomic mass is 79.9. The predicted octanol–water partition coefficient (Wildman–Crippen LogP) is 4.43. The highest BCUT2D eigenvalue weighted by molar-refractivity contribution is 9.10. The zero-order chi connectivity index (χ0) is 29.8. The van der Waals surface area contributed by atoms with Gasteiger partial charge in [-0.25, -0.2) is 9.79 Å². The maximum absolute atomic E-state index is 14.1. The van der Waals surface area contributed by atoms with Crippen LogP contribution in [-0.4, -0.2) is 51.6 Å². The summed E-state index contributed by atoms with van der Waals surface area (Å²) in [6, 6.07) is 8.64. The molecule has 3 aromatic rings. The third-order valence-electron chi connectivity index (χ3n) is 6.95. The molecular weight excluding hydrogens is 610 g/mol. The molecule has 0 saturated carbocycles. The van der Waals surface area contributed by atoms with Gasteiger partial charge in [-0.05, 0) is 63.6 Å². The number of hydrogen-bond donors (Lipinski definition) is 0. The Labute approximate surface area is 251 Å². The lowest BCUT2D eigenvalue weighted by Gasteiger charge is -2.26. The lowest BCUT2D eigenvalue weighted by atomic mass is 9.95. The number of methoxy groups -OCH3 is 3. The Kier molecular flexibility index (Phi) is 9.60. The molecule has 1 aromatic heterocycles. The van der Waals surface area contributed by atoms with Gasteiger partial charge in [0.25, 0.3) is 5.56 Å². The Hall–Kier alpha value is -3.57. The molecule has 0 radical (unpaired) electrons. The number of hydrogen-bond acceptors (Lipinski definition) is 9. The molecule has 41 heavy (non-hydrogen) atoms. The number of halogens is 1. The Morgan fingerprint density at radius 1 is 1.05 bits per heavy atom. The number of thiazole rings is 1. The summed E-state index contributed by atoms with van der Waals surface area (Å²) in [5.41, 5.74) is 2.90. The van der Waals surface area contributed by atoms with Crippen LogP contribution in [0.25, 0.3) is 6.08 Å². The van der Waals surface area contributed by atoms with Crippen molar-refractivity contribution in [3.63, 3.8) is 0 Å². The summed E-state index contributed by atoms with van der Waals surface area (Å²) in [7, 11) is 4.70. The molecule has 0 N–H and O–H groups in total. The van der Waals surface area contributed by atoms with Gasteiger partial charge in [0.15, 0.2) is 16.3 Å². The molecule has 4 rings (SSSR count). The molecule has 2 heterocycles. The van der Waals surface area contributed by atoms with Crippen LogP contribution >= 0.6 is 27.3 Å². The van der Waals surface area contributed by atoms with Crippen LogP contribution in [0.3, 0.4) is 0 Å². The fourth-order valence-electron chi connectivity index (χ4n) is 4.91. The van der Waals surface area contributed by atoms with Crippen LogP contribution in [0.1, 0.15) is 44.9 Å². The number of anilines is 1. The first-order chi connectivity index (χ1) is 19.7. The Morgan fingerprint density at radius 2 is 1.71 bits per heavy atom. The monoisotopic (exact) mass is 643 g/mol. The molecule has 0 bridgehead atoms. The van der Waals surface area contributed by atoms with Crippen molar-refractivity contribution in [2.75, 3.05) is 45.9 Å². The van der Waals surface area contributed by atoms with E-state index >= 15 is 0 Å². The molecule has 0 aliphatic carbocycles. The van der Waals surface area contributed by atoms with E-state index in [9.17, 15) is 9.59 Å². The van der Waals surface area contributed by atoms with Crippen molar-refractivity contribution in [3.05, 3.63) is 76.9 Å². The molecule has 0 spiro atoms. The zero-order valence-electron chi connectivity index (χ0n) is 24.2. The second kappa shape index (κ2) is 12.9. The first-order valence-corrected chi connectivity index (χ1v) is 14.9. The Morgan fingerprint density at radius 3 is 2.32 bits per heavy atom. The summed E-state index contributed by atoms with van der Waals surface area (Å²) in [4.78, 5) is 34.7. The molecule has 9 nitrogen and oxygen atoms in total. The summed E-state index contributed by atoms with van der Waals surface area (Å²) in [6.07, 6.45) is 1.80. The predicted molar refractivity (Wildman–Crippen MR) is 164 cm³/mol. The second-order valence-electron chi connectivity index (χ2n) is 9.13. The van der Waals surface area contributed by atoms with Gasteiger partial charge in [0.2, 0.25) is 0 Å². The summed E-state index contributed by atoms with van der Waals surface area (Å²) < 4.78 is 24.8. The molecule has 0 unspecified atom stereocenters. The molecule has 1 atom stereocenters. The number of benzene rings is 2. The highest BCUT2D eigenvalue weighted by Crippen LogP contribution is 2.40. The number of nitrogens with zero attached hydrogens (tertiary/aromatic N) is 3. The van der Waals surface area contributed by atoms with Gasteiger partial charge in [-0.3, -0.25) is 9.36 Å². The standard InChI is InChI=1S/C30H34BrN3O6S/c1-8-33(9-2)19-12-11-18(22(14-19)37-5)13-25-28(35)34-27(20-15-23(38-6)24(39-7)16-21(20)31)26(29(36)40-10-3)17(4)32-30(34)41-25/h11-16,27H,8-10H2,1-7H3/t27-/m0/s1. The van der Waals surface area contributed by atoms with Crippen LogP contribution in [0.15, 0.2) is 55.9 Å². The normalized spacial score (nSPS) is 14.8. The van der Waals surface area contributed by atoms with Gasteiger partial charge in [0, 0.05) is 34.9 Å². The summed E-state index contributed by atoms with van der Waals surface area (Å²) in [6.45, 7) is 9.61. The van der Waals surface area contributed by atoms with Crippen molar-refractivity contribution in [1.29, 1.82) is 0 Å². The molecule has 0 saturated heterocycles. The maximum atomic E-state index is 14.1. The third-order valence-corrected chi connectivity index (χ3v) is 8.62. The quantitative estimate of drug-likeness (QED) is 0.302. The number of fused-ring (bicyclic) bond motifs is 1. The smallest absolute Gasteiger partial charge is 0.338 e. The number of carbonyl (C=O) groups is 1. The SMILES string of the molecule is CCOC(=O)C1=C(C)N=c2sc(=Cc3ccc(N(CC)CC)cc3OC)c(=O)n2[C@H]1c1cc(OC)c(OC)cc1Br. The molecule has 2 aromatic carbocycles. The first kappa shape index (κ1) is 30.4. The number of allylic oxidation sites excluding steroid dienone is 1. The van der Waals surface area contributed by atoms with Crippen molar-refractivity contribution in [1.82, 2.24) is 4.57 Å². The number of carbonyl (C=O) groups excluding carboxylic acids is 1. The largest absolute Gasteiger partial charge is 0.496 e. The number of esters is 1. The number of rotatable bonds is 10. The molecule has 1 aliphatic heterocycles. The number of aromatic nitrogens is 1. The first-order valence-electron chi connectivity index (χ1n) is 13.3. The Bertz CT molecular complexity index is 1670. The minimum atomic E-state index is -0.812. The van der Waals surface area contributed by atoms with Gasteiger partial charge in [0.1, 0.15) is 5.75 Å². The molecule has 11 heteroatoms. The van der Waals surface area contributed by atoms with Crippen LogP contribution in [0.4, 0.5) is 5.69 Å². The van der Waals surface area contributed by atoms with Gasteiger partial charge in [-0.15, -0.1) is 0 Å². The van der Waals surface area contributed by atoms with Gasteiger partial charge >= 0.3 is 5.97 Å². The molecular formula is C30H34BrN3O6S. The van der Waals surface area contributed by atoms with Gasteiger partial charge in [-0.1, -0.05) is 27.3 Å². The van der Waals surface area contributed by atoms with Crippen LogP contribution in [0, 0.1) is 0 Å². The second-order valence-corrected chi connectivity index (χ2v) is 11.0. The average Bonchev–Trinajstić information content (AvgIpc) is 3.27. The van der Waals surface area contributed by atoms with Crippen molar-refractivity contribution in [2.24, 2.45) is 4.99 Å². The minimum absolute atomic E-state index is 0.184. The van der Waals surface area contributed by atoms with Gasteiger partial charge in [0.05, 0.1) is 49.8 Å². The van der Waals surface area contributed by atoms with E-state index in [0.717, 1.165) is 24.3 Å². The topological polar surface area (TPSA) is 91.6 Å². The van der Waals surface area contributed by atoms with Gasteiger partial charge in [-0.2, -0.15) is 0 Å². The fraction of sp³-hybridized carbons (Fsp3) is 0.367. The van der Waals surface area contributed by atoms with E-state index < -0.39 is 12.0 Å². The van der Waals surface area contributed by atoms with Crippen LogP contribution in [0.2, 0.25) is 0 Å². The lowest BCUT2D eigenvalue weighted by Crippen LogP contribution is -2.40. The van der Waals surface area contributed by atoms with E-state index in [2.05, 4.69) is 39.7 Å². The van der Waals surface area contributed by atoms with Crippen LogP contribution < -0.4 is 34.0 Å². The van der Waals surface area contributed by atoms with Crippen molar-refractivity contribution in [2.45, 2.75) is 33.7 Å². The fourth-order valence-corrected chi connectivity index (χ4v) is 6.49. The van der Waals surface area contributed by atoms with Crippen molar-refractivity contribution in [3.8, 4) is 17.2 Å². The van der Waals surface area contributed by atoms with Crippen LogP contribution in [-0.2, 0) is 9.53 Å². The summed E-state index contributed by atoms with van der Waals surface area (Å²) in [5, 5.41) is 0. The van der Waals surface area contributed by atoms with E-state index in [1.54, 1.807) is 50.8 Å². The van der Waals surface area contributed by atoms with E-state index in [1.807, 2.05) is 18.2 Å². The molecule has 1 aliphatic rings. The van der Waals surface area contributed by atoms with E-state index in [-0.39, 0.29) is 17.7 Å². The molecule has 0 fully saturated rings. The molecule has 218 valence electrons. The van der Waals surface area contributed by atoms with E-state index in [1.165, 1.54) is 18.4 Å². The minimum Gasteiger partial charge on any atom is -0.496 e. The van der Waals surface area contributed by atoms with Crippen molar-refractivity contribution < 1.29 is 23.7 Å². The van der Waals surface area contributed by atoms with Crippen molar-refractivity contribution >= 4 is 45.0 Å². The average molecular weight is 645 g/mol. The Balaban J connectivity index is 1.97. The highest BCUT2D eigenvalue weighted by Gasteiger charge is 2.35. The van der Waals surface area contributed by atoms with E-state index in [4.69, 9.17) is 18.9 Å². The molecule has 0 amide bonds. The lowest BCUT2D eigenvalue weighted by molar-refractivity contribution is -0.139. The number of ether oxygens (including phenoxy) is 4.